The van der Waals surface area contributed by atoms with Crippen LogP contribution in [0.4, 0.5) is 5.82 Å². The van der Waals surface area contributed by atoms with Gasteiger partial charge in [0.05, 0.1) is 0 Å². The number of nitrogens with zero attached hydrogens (tertiary/aromatic N) is 3. The number of hydrogen-bond acceptors (Lipinski definition) is 4. The molecule has 0 unspecified atom stereocenters. The van der Waals surface area contributed by atoms with Crippen LogP contribution < -0.4 is 5.32 Å². The van der Waals surface area contributed by atoms with Crippen LogP contribution in [0.5, 0.6) is 0 Å². The van der Waals surface area contributed by atoms with Gasteiger partial charge >= 0.3 is 0 Å². The number of nitrogens with one attached hydrogen (secondary N) is 1. The number of carbonyl (C=O) groups excluding carboxylic acids is 1. The minimum Gasteiger partial charge on any atom is -0.305 e. The molecule has 0 saturated carbocycles. The number of hydrogen-bond donors (Lipinski definition) is 1. The fourth-order valence-corrected chi connectivity index (χ4v) is 2.61. The zero-order valence-electron chi connectivity index (χ0n) is 10.5. The molecule has 0 radical (unpaired) electrons. The summed E-state index contributed by atoms with van der Waals surface area (Å²) < 4.78 is 1.86. The second kappa shape index (κ2) is 4.47. The summed E-state index contributed by atoms with van der Waals surface area (Å²) in [5.41, 5.74) is 1.45. The predicted octanol–water partition coefficient (Wildman–Crippen LogP) is 2.66. The lowest BCUT2D eigenvalue weighted by Gasteiger charge is -2.02. The first kappa shape index (κ1) is 11.9. The molecule has 0 atom stereocenters. The van der Waals surface area contributed by atoms with E-state index in [9.17, 15) is 4.79 Å². The highest BCUT2D eigenvalue weighted by Crippen LogP contribution is 2.17. The zero-order chi connectivity index (χ0) is 13.4. The van der Waals surface area contributed by atoms with Gasteiger partial charge in [-0.05, 0) is 31.5 Å². The second-order valence-electron chi connectivity index (χ2n) is 4.33. The van der Waals surface area contributed by atoms with E-state index in [0.29, 0.717) is 11.5 Å². The predicted molar refractivity (Wildman–Crippen MR) is 74.7 cm³/mol. The molecule has 3 aromatic rings. The highest BCUT2D eigenvalue weighted by atomic mass is 32.1. The standard InChI is InChI=1S/C13H12N4OS/c1-8-3-4-14-11(5-8)16-12(18)10-7-17-6-9(2)19-13(17)15-10/h3-7H,1-2H3,(H,14,16,18). The molecule has 3 heterocycles. The van der Waals surface area contributed by atoms with Crippen LogP contribution in [0.15, 0.2) is 30.7 Å². The van der Waals surface area contributed by atoms with Crippen molar-refractivity contribution in [3.05, 3.63) is 46.9 Å². The first-order valence-corrected chi connectivity index (χ1v) is 6.62. The van der Waals surface area contributed by atoms with Crippen LogP contribution in [-0.4, -0.2) is 20.3 Å². The molecule has 3 aromatic heterocycles. The molecule has 0 spiro atoms. The minimum absolute atomic E-state index is 0.244. The third-order valence-electron chi connectivity index (χ3n) is 2.66. The summed E-state index contributed by atoms with van der Waals surface area (Å²) in [6.45, 7) is 3.96. The molecule has 0 aromatic carbocycles. The van der Waals surface area contributed by atoms with Crippen LogP contribution in [0.25, 0.3) is 4.96 Å². The molecule has 0 aliphatic rings. The Hall–Kier alpha value is -2.21. The Kier molecular flexibility index (Phi) is 2.79. The van der Waals surface area contributed by atoms with E-state index in [2.05, 4.69) is 15.3 Å². The van der Waals surface area contributed by atoms with E-state index >= 15 is 0 Å². The Bertz CT molecular complexity index is 727. The van der Waals surface area contributed by atoms with Gasteiger partial charge in [0.25, 0.3) is 5.91 Å². The quantitative estimate of drug-likeness (QED) is 0.780. The molecular formula is C13H12N4OS. The van der Waals surface area contributed by atoms with Gasteiger partial charge in [-0.25, -0.2) is 9.97 Å². The van der Waals surface area contributed by atoms with E-state index in [-0.39, 0.29) is 5.91 Å². The summed E-state index contributed by atoms with van der Waals surface area (Å²) >= 11 is 1.56. The van der Waals surface area contributed by atoms with Crippen LogP contribution in [0.1, 0.15) is 20.9 Å². The molecule has 0 saturated heterocycles. The van der Waals surface area contributed by atoms with Crippen molar-refractivity contribution in [2.75, 3.05) is 5.32 Å². The number of amides is 1. The molecule has 96 valence electrons. The smallest absolute Gasteiger partial charge is 0.277 e. The summed E-state index contributed by atoms with van der Waals surface area (Å²) in [5.74, 6) is 0.296. The van der Waals surface area contributed by atoms with Crippen LogP contribution in [-0.2, 0) is 0 Å². The molecule has 0 bridgehead atoms. The summed E-state index contributed by atoms with van der Waals surface area (Å²) in [5, 5.41) is 2.74. The topological polar surface area (TPSA) is 59.3 Å². The molecule has 5 nitrogen and oxygen atoms in total. The number of anilines is 1. The largest absolute Gasteiger partial charge is 0.305 e. The summed E-state index contributed by atoms with van der Waals surface area (Å²) in [6.07, 6.45) is 5.35. The van der Waals surface area contributed by atoms with Gasteiger partial charge in [0.2, 0.25) is 0 Å². The van der Waals surface area contributed by atoms with E-state index in [1.807, 2.05) is 36.6 Å². The fraction of sp³-hybridized carbons (Fsp3) is 0.154. The third kappa shape index (κ3) is 2.34. The van der Waals surface area contributed by atoms with Gasteiger partial charge in [-0.15, -0.1) is 11.3 Å². The highest BCUT2D eigenvalue weighted by Gasteiger charge is 2.12. The Morgan fingerprint density at radius 2 is 2.21 bits per heavy atom. The first-order valence-electron chi connectivity index (χ1n) is 5.81. The molecular weight excluding hydrogens is 260 g/mol. The summed E-state index contributed by atoms with van der Waals surface area (Å²) in [7, 11) is 0. The molecule has 3 rings (SSSR count). The number of pyridine rings is 1. The van der Waals surface area contributed by atoms with Crippen molar-refractivity contribution < 1.29 is 4.79 Å². The molecule has 6 heteroatoms. The van der Waals surface area contributed by atoms with Crippen LogP contribution in [0, 0.1) is 13.8 Å². The van der Waals surface area contributed by atoms with E-state index in [0.717, 1.165) is 15.4 Å². The summed E-state index contributed by atoms with van der Waals surface area (Å²) in [4.78, 5) is 22.4. The highest BCUT2D eigenvalue weighted by molar-refractivity contribution is 7.17. The van der Waals surface area contributed by atoms with E-state index < -0.39 is 0 Å². The van der Waals surface area contributed by atoms with Gasteiger partial charge in [0.1, 0.15) is 11.5 Å². The van der Waals surface area contributed by atoms with Gasteiger partial charge < -0.3 is 5.32 Å². The van der Waals surface area contributed by atoms with Gasteiger partial charge in [-0.2, -0.15) is 0 Å². The maximum absolute atomic E-state index is 12.1. The van der Waals surface area contributed by atoms with E-state index in [1.165, 1.54) is 0 Å². The van der Waals surface area contributed by atoms with Crippen molar-refractivity contribution >= 4 is 28.0 Å². The summed E-state index contributed by atoms with van der Waals surface area (Å²) in [6, 6.07) is 3.70. The molecule has 1 amide bonds. The zero-order valence-corrected chi connectivity index (χ0v) is 11.4. The van der Waals surface area contributed by atoms with Crippen molar-refractivity contribution in [3.63, 3.8) is 0 Å². The molecule has 0 fully saturated rings. The van der Waals surface area contributed by atoms with Crippen molar-refractivity contribution in [2.24, 2.45) is 0 Å². The van der Waals surface area contributed by atoms with Crippen molar-refractivity contribution in [1.29, 1.82) is 0 Å². The average molecular weight is 272 g/mol. The van der Waals surface area contributed by atoms with Crippen molar-refractivity contribution in [2.45, 2.75) is 13.8 Å². The number of rotatable bonds is 2. The Morgan fingerprint density at radius 3 is 2.95 bits per heavy atom. The van der Waals surface area contributed by atoms with Crippen LogP contribution in [0.2, 0.25) is 0 Å². The normalized spacial score (nSPS) is 10.8. The molecule has 1 N–H and O–H groups in total. The van der Waals surface area contributed by atoms with Gasteiger partial charge in [0.15, 0.2) is 4.96 Å². The van der Waals surface area contributed by atoms with Gasteiger partial charge in [-0.1, -0.05) is 0 Å². The van der Waals surface area contributed by atoms with Crippen molar-refractivity contribution in [1.82, 2.24) is 14.4 Å². The first-order chi connectivity index (χ1) is 9.11. The average Bonchev–Trinajstić information content (AvgIpc) is 2.86. The number of aryl methyl sites for hydroxylation is 2. The van der Waals surface area contributed by atoms with Gasteiger partial charge in [-0.3, -0.25) is 9.20 Å². The lowest BCUT2D eigenvalue weighted by molar-refractivity contribution is 0.102. The van der Waals surface area contributed by atoms with Crippen LogP contribution >= 0.6 is 11.3 Å². The minimum atomic E-state index is -0.244. The molecule has 0 aliphatic carbocycles. The number of imidazole rings is 1. The fourth-order valence-electron chi connectivity index (χ4n) is 1.81. The van der Waals surface area contributed by atoms with E-state index in [1.54, 1.807) is 23.7 Å². The Labute approximate surface area is 113 Å². The van der Waals surface area contributed by atoms with Gasteiger partial charge in [0, 0.05) is 23.5 Å². The lowest BCUT2D eigenvalue weighted by atomic mass is 10.3. The van der Waals surface area contributed by atoms with E-state index in [4.69, 9.17) is 0 Å². The SMILES string of the molecule is Cc1ccnc(NC(=O)c2cn3cc(C)sc3n2)c1. The number of aromatic nitrogens is 3. The molecule has 19 heavy (non-hydrogen) atoms. The monoisotopic (exact) mass is 272 g/mol. The van der Waals surface area contributed by atoms with Crippen LogP contribution in [0.3, 0.4) is 0 Å². The molecule has 0 aliphatic heterocycles. The number of carbonyl (C=O) groups is 1. The number of thiazole rings is 1. The maximum Gasteiger partial charge on any atom is 0.277 e. The Balaban J connectivity index is 1.85. The second-order valence-corrected chi connectivity index (χ2v) is 5.54. The van der Waals surface area contributed by atoms with Crippen molar-refractivity contribution in [3.8, 4) is 0 Å². The third-order valence-corrected chi connectivity index (χ3v) is 3.57. The Morgan fingerprint density at radius 1 is 1.37 bits per heavy atom. The lowest BCUT2D eigenvalue weighted by Crippen LogP contribution is -2.13. The maximum atomic E-state index is 12.1. The number of fused-ring (bicyclic) bond motifs is 1.